The highest BCUT2D eigenvalue weighted by atomic mass is 16.5. The Kier molecular flexibility index (Phi) is 9.04. The number of hydrogen-bond acceptors (Lipinski definition) is 4. The molecule has 0 radical (unpaired) electrons. The molecule has 0 amide bonds. The zero-order chi connectivity index (χ0) is 20.5. The van der Waals surface area contributed by atoms with E-state index in [9.17, 15) is 0 Å². The first kappa shape index (κ1) is 23.2. The number of pyridine rings is 1. The number of nitrogens with zero attached hydrogens (tertiary/aromatic N) is 1. The van der Waals surface area contributed by atoms with Crippen molar-refractivity contribution in [2.75, 3.05) is 25.1 Å². The molecular formula is C23H38N2O2. The molecule has 4 heteroatoms. The topological polar surface area (TPSA) is 43.4 Å². The van der Waals surface area contributed by atoms with Crippen LogP contribution in [0.25, 0.3) is 5.57 Å². The fourth-order valence-corrected chi connectivity index (χ4v) is 2.28. The second-order valence-corrected chi connectivity index (χ2v) is 9.25. The Hall–Kier alpha value is -1.81. The number of aromatic nitrogens is 1. The van der Waals surface area contributed by atoms with Gasteiger partial charge >= 0.3 is 0 Å². The van der Waals surface area contributed by atoms with Gasteiger partial charge in [0.15, 0.2) is 0 Å². The molecule has 0 fully saturated rings. The standard InChI is InChI=1S/C23H38N2O2/c1-18(21-13-12-20(16-24-21)25-23(6,7)8)10-11-19(2)27-15-9-14-26-17-22(3,4)5/h10-13,16,25H,9,14-15,17H2,1-8H3/b18-10+,19-11+. The summed E-state index contributed by atoms with van der Waals surface area (Å²) in [4.78, 5) is 4.54. The van der Waals surface area contributed by atoms with E-state index in [0.717, 1.165) is 42.3 Å². The van der Waals surface area contributed by atoms with Gasteiger partial charge in [0.2, 0.25) is 0 Å². The lowest BCUT2D eigenvalue weighted by Gasteiger charge is -2.21. The Morgan fingerprint density at radius 2 is 1.74 bits per heavy atom. The Bertz CT molecular complexity index is 617. The number of hydrogen-bond donors (Lipinski definition) is 1. The average molecular weight is 375 g/mol. The summed E-state index contributed by atoms with van der Waals surface area (Å²) in [7, 11) is 0. The summed E-state index contributed by atoms with van der Waals surface area (Å²) in [6.45, 7) is 19.2. The van der Waals surface area contributed by atoms with Crippen molar-refractivity contribution in [3.05, 3.63) is 41.9 Å². The first-order valence-electron chi connectivity index (χ1n) is 9.77. The number of rotatable bonds is 9. The maximum atomic E-state index is 5.74. The molecule has 0 saturated heterocycles. The van der Waals surface area contributed by atoms with E-state index in [1.165, 1.54) is 0 Å². The summed E-state index contributed by atoms with van der Waals surface area (Å²) >= 11 is 0. The Morgan fingerprint density at radius 3 is 2.30 bits per heavy atom. The van der Waals surface area contributed by atoms with Gasteiger partial charge in [0, 0.05) is 18.6 Å². The molecule has 1 rings (SSSR count). The van der Waals surface area contributed by atoms with Crippen LogP contribution in [0, 0.1) is 5.41 Å². The molecule has 0 bridgehead atoms. The fourth-order valence-electron chi connectivity index (χ4n) is 2.28. The summed E-state index contributed by atoms with van der Waals surface area (Å²) in [6, 6.07) is 4.10. The second kappa shape index (κ2) is 10.5. The van der Waals surface area contributed by atoms with E-state index in [-0.39, 0.29) is 11.0 Å². The molecule has 0 spiro atoms. The minimum atomic E-state index is 0.0308. The molecule has 0 unspecified atom stereocenters. The highest BCUT2D eigenvalue weighted by Crippen LogP contribution is 2.17. The Labute approximate surface area is 166 Å². The van der Waals surface area contributed by atoms with E-state index in [1.807, 2.05) is 31.3 Å². The van der Waals surface area contributed by atoms with Gasteiger partial charge in [0.25, 0.3) is 0 Å². The van der Waals surface area contributed by atoms with Gasteiger partial charge in [-0.15, -0.1) is 0 Å². The van der Waals surface area contributed by atoms with Crippen molar-refractivity contribution in [3.8, 4) is 0 Å². The van der Waals surface area contributed by atoms with Crippen LogP contribution in [-0.2, 0) is 9.47 Å². The van der Waals surface area contributed by atoms with Gasteiger partial charge in [-0.05, 0) is 63.8 Å². The molecule has 4 nitrogen and oxygen atoms in total. The minimum Gasteiger partial charge on any atom is -0.498 e. The summed E-state index contributed by atoms with van der Waals surface area (Å²) < 4.78 is 11.4. The molecule has 0 aliphatic carbocycles. The number of nitrogens with one attached hydrogen (secondary N) is 1. The molecule has 0 aromatic carbocycles. The molecule has 1 aromatic heterocycles. The van der Waals surface area contributed by atoms with E-state index in [4.69, 9.17) is 9.47 Å². The lowest BCUT2D eigenvalue weighted by atomic mass is 9.99. The van der Waals surface area contributed by atoms with Crippen LogP contribution in [0.3, 0.4) is 0 Å². The van der Waals surface area contributed by atoms with Gasteiger partial charge in [-0.3, -0.25) is 4.98 Å². The molecule has 152 valence electrons. The van der Waals surface area contributed by atoms with Crippen LogP contribution in [0.15, 0.2) is 36.2 Å². The number of allylic oxidation sites excluding steroid dienone is 4. The Morgan fingerprint density at radius 1 is 1.04 bits per heavy atom. The molecule has 0 atom stereocenters. The second-order valence-electron chi connectivity index (χ2n) is 9.25. The third kappa shape index (κ3) is 11.5. The Balaban J connectivity index is 2.42. The van der Waals surface area contributed by atoms with Crippen molar-refractivity contribution in [1.82, 2.24) is 4.98 Å². The van der Waals surface area contributed by atoms with Gasteiger partial charge in [-0.25, -0.2) is 0 Å². The van der Waals surface area contributed by atoms with Crippen molar-refractivity contribution in [1.29, 1.82) is 0 Å². The summed E-state index contributed by atoms with van der Waals surface area (Å²) in [5.74, 6) is 0.899. The normalized spacial score (nSPS) is 13.6. The van der Waals surface area contributed by atoms with Gasteiger partial charge < -0.3 is 14.8 Å². The summed E-state index contributed by atoms with van der Waals surface area (Å²) in [6.07, 6.45) is 6.81. The lowest BCUT2D eigenvalue weighted by Crippen LogP contribution is -2.26. The third-order valence-electron chi connectivity index (χ3n) is 3.55. The first-order valence-corrected chi connectivity index (χ1v) is 9.77. The van der Waals surface area contributed by atoms with Gasteiger partial charge in [0.05, 0.1) is 36.6 Å². The highest BCUT2D eigenvalue weighted by molar-refractivity contribution is 5.63. The van der Waals surface area contributed by atoms with Crippen LogP contribution < -0.4 is 5.32 Å². The molecule has 1 heterocycles. The van der Waals surface area contributed by atoms with E-state index in [2.05, 4.69) is 64.8 Å². The predicted molar refractivity (Wildman–Crippen MR) is 116 cm³/mol. The molecule has 1 N–H and O–H groups in total. The van der Waals surface area contributed by atoms with Crippen molar-refractivity contribution >= 4 is 11.3 Å². The van der Waals surface area contributed by atoms with E-state index < -0.39 is 0 Å². The van der Waals surface area contributed by atoms with Crippen LogP contribution in [0.2, 0.25) is 0 Å². The van der Waals surface area contributed by atoms with Crippen molar-refractivity contribution in [3.63, 3.8) is 0 Å². The molecule has 1 aromatic rings. The van der Waals surface area contributed by atoms with Gasteiger partial charge in [-0.1, -0.05) is 26.8 Å². The van der Waals surface area contributed by atoms with Crippen LogP contribution in [0.5, 0.6) is 0 Å². The monoisotopic (exact) mass is 374 g/mol. The SMILES string of the molecule is C/C(=C\C=C(/C)c1ccc(NC(C)(C)C)cn1)OCCCOCC(C)(C)C. The molecule has 0 aliphatic rings. The molecule has 0 saturated carbocycles. The first-order chi connectivity index (χ1) is 12.5. The maximum Gasteiger partial charge on any atom is 0.0928 e. The van der Waals surface area contributed by atoms with Crippen molar-refractivity contribution < 1.29 is 9.47 Å². The maximum absolute atomic E-state index is 5.74. The van der Waals surface area contributed by atoms with Gasteiger partial charge in [-0.2, -0.15) is 0 Å². The molecule has 27 heavy (non-hydrogen) atoms. The van der Waals surface area contributed by atoms with Crippen LogP contribution in [0.4, 0.5) is 5.69 Å². The van der Waals surface area contributed by atoms with E-state index >= 15 is 0 Å². The molecule has 0 aliphatic heterocycles. The molecular weight excluding hydrogens is 336 g/mol. The smallest absolute Gasteiger partial charge is 0.0928 e. The van der Waals surface area contributed by atoms with Crippen LogP contribution >= 0.6 is 0 Å². The predicted octanol–water partition coefficient (Wildman–Crippen LogP) is 6.07. The third-order valence-corrected chi connectivity index (χ3v) is 3.55. The zero-order valence-corrected chi connectivity index (χ0v) is 18.5. The summed E-state index contributed by atoms with van der Waals surface area (Å²) in [5, 5.41) is 3.42. The number of ether oxygens (including phenoxy) is 2. The van der Waals surface area contributed by atoms with Gasteiger partial charge in [0.1, 0.15) is 0 Å². The quantitative estimate of drug-likeness (QED) is 0.324. The minimum absolute atomic E-state index is 0.0308. The largest absolute Gasteiger partial charge is 0.498 e. The zero-order valence-electron chi connectivity index (χ0n) is 18.5. The lowest BCUT2D eigenvalue weighted by molar-refractivity contribution is 0.0580. The fraction of sp³-hybridized carbons (Fsp3) is 0.609. The van der Waals surface area contributed by atoms with Crippen LogP contribution in [-0.4, -0.2) is 30.3 Å². The highest BCUT2D eigenvalue weighted by Gasteiger charge is 2.10. The summed E-state index contributed by atoms with van der Waals surface area (Å²) in [5.41, 5.74) is 3.35. The average Bonchev–Trinajstić information content (AvgIpc) is 2.54. The van der Waals surface area contributed by atoms with Crippen molar-refractivity contribution in [2.45, 2.75) is 67.3 Å². The van der Waals surface area contributed by atoms with Crippen LogP contribution in [0.1, 0.15) is 67.5 Å². The van der Waals surface area contributed by atoms with E-state index in [0.29, 0.717) is 6.61 Å². The van der Waals surface area contributed by atoms with Crippen molar-refractivity contribution in [2.24, 2.45) is 5.41 Å². The number of anilines is 1. The van der Waals surface area contributed by atoms with E-state index in [1.54, 1.807) is 0 Å².